The maximum absolute atomic E-state index is 13.1. The summed E-state index contributed by atoms with van der Waals surface area (Å²) in [6.07, 6.45) is 10.4. The highest BCUT2D eigenvalue weighted by molar-refractivity contribution is 7.98. The van der Waals surface area contributed by atoms with Gasteiger partial charge in [0.25, 0.3) is 5.91 Å². The third kappa shape index (κ3) is 4.42. The molecule has 1 atom stereocenters. The van der Waals surface area contributed by atoms with Crippen LogP contribution in [0.4, 0.5) is 0 Å². The van der Waals surface area contributed by atoms with Crippen LogP contribution in [0.25, 0.3) is 0 Å². The van der Waals surface area contributed by atoms with Gasteiger partial charge in [0.15, 0.2) is 0 Å². The van der Waals surface area contributed by atoms with Crippen molar-refractivity contribution in [2.75, 3.05) is 0 Å². The molecule has 6 rings (SSSR count). The van der Waals surface area contributed by atoms with Crippen LogP contribution in [0.5, 0.6) is 0 Å². The summed E-state index contributed by atoms with van der Waals surface area (Å²) in [7, 11) is 0. The van der Waals surface area contributed by atoms with Crippen LogP contribution in [0, 0.1) is 11.3 Å². The van der Waals surface area contributed by atoms with E-state index < -0.39 is 6.04 Å². The number of carbonyl (C=O) groups is 3. The van der Waals surface area contributed by atoms with E-state index in [1.54, 1.807) is 16.7 Å². The molecular formula is C29H32N2O3S. The average molecular weight is 489 g/mol. The van der Waals surface area contributed by atoms with Gasteiger partial charge in [-0.1, -0.05) is 36.8 Å². The molecule has 1 saturated heterocycles. The second-order valence-corrected chi connectivity index (χ2v) is 12.0. The molecule has 2 aliphatic carbocycles. The van der Waals surface area contributed by atoms with Crippen molar-refractivity contribution in [1.29, 1.82) is 0 Å². The van der Waals surface area contributed by atoms with Crippen molar-refractivity contribution in [3.8, 4) is 0 Å². The van der Waals surface area contributed by atoms with Gasteiger partial charge in [-0.3, -0.25) is 19.7 Å². The average Bonchev–Trinajstić information content (AvgIpc) is 3.13. The monoisotopic (exact) mass is 488 g/mol. The zero-order valence-corrected chi connectivity index (χ0v) is 20.9. The maximum atomic E-state index is 13.1. The Morgan fingerprint density at radius 2 is 1.83 bits per heavy atom. The maximum Gasteiger partial charge on any atom is 0.255 e. The Kier molecular flexibility index (Phi) is 5.95. The first-order chi connectivity index (χ1) is 17.0. The molecule has 3 fully saturated rings. The van der Waals surface area contributed by atoms with Gasteiger partial charge in [0, 0.05) is 29.2 Å². The van der Waals surface area contributed by atoms with Crippen LogP contribution in [0.2, 0.25) is 0 Å². The predicted molar refractivity (Wildman–Crippen MR) is 136 cm³/mol. The molecule has 6 heteroatoms. The van der Waals surface area contributed by atoms with Crippen molar-refractivity contribution in [3.63, 3.8) is 0 Å². The van der Waals surface area contributed by atoms with E-state index in [2.05, 4.69) is 35.6 Å². The van der Waals surface area contributed by atoms with Crippen LogP contribution in [0.15, 0.2) is 47.4 Å². The van der Waals surface area contributed by atoms with Crippen molar-refractivity contribution >= 4 is 29.5 Å². The second kappa shape index (κ2) is 9.12. The van der Waals surface area contributed by atoms with E-state index in [9.17, 15) is 14.4 Å². The number of hydrogen-bond donors (Lipinski definition) is 1. The quantitative estimate of drug-likeness (QED) is 0.427. The molecule has 0 aromatic heterocycles. The summed E-state index contributed by atoms with van der Waals surface area (Å²) in [4.78, 5) is 39.7. The van der Waals surface area contributed by atoms with Gasteiger partial charge in [0.2, 0.25) is 11.8 Å². The van der Waals surface area contributed by atoms with Crippen molar-refractivity contribution < 1.29 is 14.4 Å². The van der Waals surface area contributed by atoms with E-state index >= 15 is 0 Å². The van der Waals surface area contributed by atoms with Crippen LogP contribution in [-0.2, 0) is 28.3 Å². The topological polar surface area (TPSA) is 66.5 Å². The van der Waals surface area contributed by atoms with Gasteiger partial charge in [-0.05, 0) is 85.1 Å². The zero-order chi connectivity index (χ0) is 24.0. The third-order valence-electron chi connectivity index (χ3n) is 8.62. The standard InChI is InChI=1S/C29H32N2O3S/c32-26-11-10-24(27(33)30-26)31-17-23-22(28(31)34)6-2-7-25(23)35-18-20-5-1-4-19(14-20)8-9-21-15-29(16-21)12-3-13-29/h1-2,4-7,14,21,24H,3,8-13,15-18H2,(H,30,32,33). The van der Waals surface area contributed by atoms with Crippen LogP contribution in [-0.4, -0.2) is 28.7 Å². The Bertz CT molecular complexity index is 1180. The summed E-state index contributed by atoms with van der Waals surface area (Å²) in [5.41, 5.74) is 5.17. The number of piperidine rings is 1. The molecule has 0 bridgehead atoms. The van der Waals surface area contributed by atoms with Crippen LogP contribution < -0.4 is 5.32 Å². The Balaban J connectivity index is 1.08. The van der Waals surface area contributed by atoms with E-state index in [1.807, 2.05) is 12.1 Å². The van der Waals surface area contributed by atoms with Gasteiger partial charge < -0.3 is 4.90 Å². The fourth-order valence-electron chi connectivity index (χ4n) is 6.55. The smallest absolute Gasteiger partial charge is 0.255 e. The van der Waals surface area contributed by atoms with Crippen molar-refractivity contribution in [1.82, 2.24) is 10.2 Å². The lowest BCUT2D eigenvalue weighted by molar-refractivity contribution is -0.136. The van der Waals surface area contributed by atoms with E-state index in [0.717, 1.165) is 34.0 Å². The highest BCUT2D eigenvalue weighted by Gasteiger charge is 2.47. The molecule has 2 saturated carbocycles. The number of hydrogen-bond acceptors (Lipinski definition) is 4. The number of benzene rings is 2. The lowest BCUT2D eigenvalue weighted by atomic mass is 9.51. The minimum atomic E-state index is -0.572. The van der Waals surface area contributed by atoms with Gasteiger partial charge in [-0.15, -0.1) is 11.8 Å². The van der Waals surface area contributed by atoms with E-state index in [0.29, 0.717) is 18.5 Å². The Labute approximate surface area is 211 Å². The normalized spacial score (nSPS) is 23.1. The van der Waals surface area contributed by atoms with E-state index in [4.69, 9.17) is 0 Å². The largest absolute Gasteiger partial charge is 0.322 e. The summed E-state index contributed by atoms with van der Waals surface area (Å²) < 4.78 is 0. The molecule has 4 aliphatic rings. The third-order valence-corrected chi connectivity index (χ3v) is 9.79. The molecule has 2 heterocycles. The van der Waals surface area contributed by atoms with Gasteiger partial charge in [-0.2, -0.15) is 0 Å². The molecule has 3 amide bonds. The summed E-state index contributed by atoms with van der Waals surface area (Å²) in [6, 6.07) is 14.2. The van der Waals surface area contributed by atoms with Crippen molar-refractivity contribution in [2.24, 2.45) is 11.3 Å². The van der Waals surface area contributed by atoms with Crippen molar-refractivity contribution in [3.05, 3.63) is 64.7 Å². The molecule has 0 radical (unpaired) electrons. The number of nitrogens with one attached hydrogen (secondary N) is 1. The van der Waals surface area contributed by atoms with E-state index in [1.165, 1.54) is 49.7 Å². The van der Waals surface area contributed by atoms with Gasteiger partial charge >= 0.3 is 0 Å². The molecule has 1 spiro atoms. The summed E-state index contributed by atoms with van der Waals surface area (Å²) in [6.45, 7) is 0.423. The first kappa shape index (κ1) is 22.8. The van der Waals surface area contributed by atoms with Crippen LogP contribution >= 0.6 is 11.8 Å². The lowest BCUT2D eigenvalue weighted by Crippen LogP contribution is -2.52. The minimum Gasteiger partial charge on any atom is -0.322 e. The molecule has 35 heavy (non-hydrogen) atoms. The number of aryl methyl sites for hydroxylation is 1. The number of imide groups is 1. The predicted octanol–water partition coefficient (Wildman–Crippen LogP) is 5.25. The molecule has 2 aromatic rings. The molecule has 2 aliphatic heterocycles. The van der Waals surface area contributed by atoms with Crippen LogP contribution in [0.3, 0.4) is 0 Å². The molecule has 1 unspecified atom stereocenters. The highest BCUT2D eigenvalue weighted by atomic mass is 32.2. The molecule has 1 N–H and O–H groups in total. The summed E-state index contributed by atoms with van der Waals surface area (Å²) in [5, 5.41) is 2.38. The van der Waals surface area contributed by atoms with Crippen LogP contribution in [0.1, 0.15) is 78.4 Å². The number of nitrogens with zero attached hydrogens (tertiary/aromatic N) is 1. The number of carbonyl (C=O) groups excluding carboxylic acids is 3. The molecule has 2 aromatic carbocycles. The summed E-state index contributed by atoms with van der Waals surface area (Å²) >= 11 is 1.76. The second-order valence-electron chi connectivity index (χ2n) is 11.0. The van der Waals surface area contributed by atoms with Crippen molar-refractivity contribution in [2.45, 2.75) is 81.0 Å². The van der Waals surface area contributed by atoms with Gasteiger partial charge in [-0.25, -0.2) is 0 Å². The zero-order valence-electron chi connectivity index (χ0n) is 20.1. The molecule has 5 nitrogen and oxygen atoms in total. The SMILES string of the molecule is O=C1CCC(N2Cc3c(SCc4cccc(CCC5CC6(CCC6)C5)c4)cccc3C2=O)C(=O)N1. The Hall–Kier alpha value is -2.60. The van der Waals surface area contributed by atoms with Gasteiger partial charge in [0.05, 0.1) is 0 Å². The Morgan fingerprint density at radius 1 is 1.03 bits per heavy atom. The lowest BCUT2D eigenvalue weighted by Gasteiger charge is -2.54. The minimum absolute atomic E-state index is 0.112. The first-order valence-corrected chi connectivity index (χ1v) is 14.0. The van der Waals surface area contributed by atoms with Gasteiger partial charge in [0.1, 0.15) is 6.04 Å². The fraction of sp³-hybridized carbons (Fsp3) is 0.483. The highest BCUT2D eigenvalue weighted by Crippen LogP contribution is 2.59. The number of rotatable bonds is 7. The number of fused-ring (bicyclic) bond motifs is 1. The fourth-order valence-corrected chi connectivity index (χ4v) is 7.58. The first-order valence-electron chi connectivity index (χ1n) is 13.0. The van der Waals surface area contributed by atoms with E-state index in [-0.39, 0.29) is 24.1 Å². The Morgan fingerprint density at radius 3 is 2.60 bits per heavy atom. The molecular weight excluding hydrogens is 456 g/mol. The number of thioether (sulfide) groups is 1. The summed E-state index contributed by atoms with van der Waals surface area (Å²) in [5.74, 6) is 1.04. The number of amides is 3. The molecule has 182 valence electrons.